The van der Waals surface area contributed by atoms with Crippen molar-refractivity contribution in [2.45, 2.75) is 17.9 Å². The number of rotatable bonds is 4. The van der Waals surface area contributed by atoms with Crippen LogP contribution in [0.1, 0.15) is 18.5 Å². The third kappa shape index (κ3) is 2.80. The maximum atomic E-state index is 12.8. The predicted molar refractivity (Wildman–Crippen MR) is 88.7 cm³/mol. The molecule has 2 N–H and O–H groups in total. The summed E-state index contributed by atoms with van der Waals surface area (Å²) in [4.78, 5) is 16.6. The number of fused-ring (bicyclic) bond motifs is 1. The number of nitrogens with one attached hydrogen (secondary N) is 2. The molecule has 0 aliphatic rings. The number of H-pyrrole nitrogens is 2. The molecular weight excluding hydrogens is 314 g/mol. The number of benzene rings is 2. The number of hydrogen-bond acceptors (Lipinski definition) is 3. The summed E-state index contributed by atoms with van der Waals surface area (Å²) in [6.07, 6.45) is 0. The van der Waals surface area contributed by atoms with E-state index in [4.69, 9.17) is 0 Å². The van der Waals surface area contributed by atoms with Gasteiger partial charge >= 0.3 is 5.69 Å². The first-order valence-electron chi connectivity index (χ1n) is 7.14. The fourth-order valence-corrected chi connectivity index (χ4v) is 3.87. The SMILES string of the molecule is C[C@H](c1ccccc1)N(C)S(=O)(=O)c1ccc2[nH]c(=O)[nH]c2c1. The Bertz CT molecular complexity index is 990. The van der Waals surface area contributed by atoms with Crippen LogP contribution in [0.3, 0.4) is 0 Å². The van der Waals surface area contributed by atoms with Gasteiger partial charge < -0.3 is 9.97 Å². The van der Waals surface area contributed by atoms with Gasteiger partial charge in [0.1, 0.15) is 0 Å². The van der Waals surface area contributed by atoms with Crippen LogP contribution in [-0.2, 0) is 10.0 Å². The Morgan fingerprint density at radius 1 is 1.00 bits per heavy atom. The van der Waals surface area contributed by atoms with Crippen LogP contribution >= 0.6 is 0 Å². The molecule has 120 valence electrons. The van der Waals surface area contributed by atoms with E-state index in [-0.39, 0.29) is 16.6 Å². The molecule has 3 aromatic rings. The minimum Gasteiger partial charge on any atom is -0.306 e. The fraction of sp³-hybridized carbons (Fsp3) is 0.188. The molecule has 1 aromatic heterocycles. The van der Waals surface area contributed by atoms with Gasteiger partial charge in [-0.3, -0.25) is 0 Å². The molecule has 6 nitrogen and oxygen atoms in total. The Morgan fingerprint density at radius 2 is 1.65 bits per heavy atom. The molecule has 1 atom stereocenters. The van der Waals surface area contributed by atoms with E-state index in [1.165, 1.54) is 16.4 Å². The number of aromatic amines is 2. The zero-order chi connectivity index (χ0) is 16.6. The zero-order valence-electron chi connectivity index (χ0n) is 12.8. The maximum Gasteiger partial charge on any atom is 0.323 e. The lowest BCUT2D eigenvalue weighted by atomic mass is 10.1. The molecule has 23 heavy (non-hydrogen) atoms. The Morgan fingerprint density at radius 3 is 2.35 bits per heavy atom. The molecule has 0 aliphatic carbocycles. The topological polar surface area (TPSA) is 86.0 Å². The molecule has 3 rings (SSSR count). The third-order valence-electron chi connectivity index (χ3n) is 3.99. The lowest BCUT2D eigenvalue weighted by Crippen LogP contribution is -2.29. The van der Waals surface area contributed by atoms with Crippen LogP contribution in [0.25, 0.3) is 11.0 Å². The van der Waals surface area contributed by atoms with Gasteiger partial charge in [0.25, 0.3) is 0 Å². The van der Waals surface area contributed by atoms with Gasteiger partial charge in [-0.2, -0.15) is 4.31 Å². The van der Waals surface area contributed by atoms with Gasteiger partial charge in [0, 0.05) is 13.1 Å². The van der Waals surface area contributed by atoms with Crippen molar-refractivity contribution in [2.75, 3.05) is 7.05 Å². The molecule has 2 aromatic carbocycles. The number of hydrogen-bond donors (Lipinski definition) is 2. The normalized spacial score (nSPS) is 13.5. The van der Waals surface area contributed by atoms with E-state index in [0.717, 1.165) is 5.56 Å². The second kappa shape index (κ2) is 5.68. The Labute approximate surface area is 133 Å². The molecule has 0 saturated heterocycles. The van der Waals surface area contributed by atoms with E-state index in [0.29, 0.717) is 11.0 Å². The van der Waals surface area contributed by atoms with Crippen molar-refractivity contribution in [1.29, 1.82) is 0 Å². The maximum absolute atomic E-state index is 12.8. The van der Waals surface area contributed by atoms with Crippen molar-refractivity contribution in [2.24, 2.45) is 0 Å². The Hall–Kier alpha value is -2.38. The van der Waals surface area contributed by atoms with E-state index in [2.05, 4.69) is 9.97 Å². The summed E-state index contributed by atoms with van der Waals surface area (Å²) >= 11 is 0. The summed E-state index contributed by atoms with van der Waals surface area (Å²) < 4.78 is 27.0. The molecule has 0 unspecified atom stereocenters. The second-order valence-electron chi connectivity index (χ2n) is 5.39. The lowest BCUT2D eigenvalue weighted by molar-refractivity contribution is 0.398. The van der Waals surface area contributed by atoms with Crippen LogP contribution in [0.2, 0.25) is 0 Å². The standard InChI is InChI=1S/C16H17N3O3S/c1-11(12-6-4-3-5-7-12)19(2)23(21,22)13-8-9-14-15(10-13)18-16(20)17-14/h3-11H,1-2H3,(H2,17,18,20)/t11-/m1/s1. The van der Waals surface area contributed by atoms with Gasteiger partial charge in [0.15, 0.2) is 0 Å². The summed E-state index contributed by atoms with van der Waals surface area (Å²) in [7, 11) is -2.12. The van der Waals surface area contributed by atoms with E-state index >= 15 is 0 Å². The summed E-state index contributed by atoms with van der Waals surface area (Å²) in [5, 5.41) is 0. The lowest BCUT2D eigenvalue weighted by Gasteiger charge is -2.24. The molecule has 0 amide bonds. The molecule has 0 bridgehead atoms. The van der Waals surface area contributed by atoms with Gasteiger partial charge in [-0.25, -0.2) is 13.2 Å². The molecule has 0 saturated carbocycles. The van der Waals surface area contributed by atoms with Crippen molar-refractivity contribution in [3.63, 3.8) is 0 Å². The number of imidazole rings is 1. The average Bonchev–Trinajstić information content (AvgIpc) is 2.93. The minimum absolute atomic E-state index is 0.144. The largest absolute Gasteiger partial charge is 0.323 e. The summed E-state index contributed by atoms with van der Waals surface area (Å²) in [5.74, 6) is 0. The van der Waals surface area contributed by atoms with Crippen molar-refractivity contribution < 1.29 is 8.42 Å². The molecule has 7 heteroatoms. The molecule has 0 radical (unpaired) electrons. The van der Waals surface area contributed by atoms with Crippen molar-refractivity contribution >= 4 is 21.1 Å². The predicted octanol–water partition coefficient (Wildman–Crippen LogP) is 2.24. The average molecular weight is 331 g/mol. The first kappa shape index (κ1) is 15.5. The molecule has 0 spiro atoms. The van der Waals surface area contributed by atoms with E-state index in [1.54, 1.807) is 13.1 Å². The minimum atomic E-state index is -3.67. The van der Waals surface area contributed by atoms with Crippen molar-refractivity contribution in [3.8, 4) is 0 Å². The number of aromatic nitrogens is 2. The summed E-state index contributed by atoms with van der Waals surface area (Å²) in [5.41, 5.74) is 1.60. The highest BCUT2D eigenvalue weighted by Gasteiger charge is 2.26. The van der Waals surface area contributed by atoms with Crippen LogP contribution in [0.5, 0.6) is 0 Å². The molecule has 1 heterocycles. The summed E-state index contributed by atoms with van der Waals surface area (Å²) in [6.45, 7) is 1.84. The van der Waals surface area contributed by atoms with Crippen molar-refractivity contribution in [3.05, 3.63) is 64.6 Å². The number of nitrogens with zero attached hydrogens (tertiary/aromatic N) is 1. The molecular formula is C16H17N3O3S. The van der Waals surface area contributed by atoms with Gasteiger partial charge in [-0.05, 0) is 30.7 Å². The molecule has 0 aliphatic heterocycles. The fourth-order valence-electron chi connectivity index (χ4n) is 2.49. The van der Waals surface area contributed by atoms with Gasteiger partial charge in [-0.1, -0.05) is 30.3 Å². The quantitative estimate of drug-likeness (QED) is 0.769. The Kier molecular flexibility index (Phi) is 3.83. The zero-order valence-corrected chi connectivity index (χ0v) is 13.6. The van der Waals surface area contributed by atoms with Crippen molar-refractivity contribution in [1.82, 2.24) is 14.3 Å². The monoisotopic (exact) mass is 331 g/mol. The van der Waals surface area contributed by atoms with E-state index in [9.17, 15) is 13.2 Å². The second-order valence-corrected chi connectivity index (χ2v) is 7.39. The highest BCUT2D eigenvalue weighted by atomic mass is 32.2. The summed E-state index contributed by atoms with van der Waals surface area (Å²) in [6, 6.07) is 13.7. The smallest absolute Gasteiger partial charge is 0.306 e. The first-order valence-corrected chi connectivity index (χ1v) is 8.58. The number of sulfonamides is 1. The molecule has 0 fully saturated rings. The van der Waals surface area contributed by atoms with Gasteiger partial charge in [-0.15, -0.1) is 0 Å². The van der Waals surface area contributed by atoms with Crippen LogP contribution < -0.4 is 5.69 Å². The van der Waals surface area contributed by atoms with Gasteiger partial charge in [0.05, 0.1) is 15.9 Å². The van der Waals surface area contributed by atoms with E-state index < -0.39 is 10.0 Å². The Balaban J connectivity index is 2.00. The van der Waals surface area contributed by atoms with Crippen LogP contribution in [-0.4, -0.2) is 29.7 Å². The van der Waals surface area contributed by atoms with Crippen LogP contribution in [0.4, 0.5) is 0 Å². The highest BCUT2D eigenvalue weighted by Crippen LogP contribution is 2.26. The first-order chi connectivity index (χ1) is 10.9. The van der Waals surface area contributed by atoms with Crippen LogP contribution in [0.15, 0.2) is 58.2 Å². The van der Waals surface area contributed by atoms with Crippen LogP contribution in [0, 0.1) is 0 Å². The highest BCUT2D eigenvalue weighted by molar-refractivity contribution is 7.89. The van der Waals surface area contributed by atoms with Gasteiger partial charge in [0.2, 0.25) is 10.0 Å². The third-order valence-corrected chi connectivity index (χ3v) is 5.92. The van der Waals surface area contributed by atoms with E-state index in [1.807, 2.05) is 37.3 Å².